The summed E-state index contributed by atoms with van der Waals surface area (Å²) in [5.74, 6) is 1.70. The molecule has 0 fully saturated rings. The lowest BCUT2D eigenvalue weighted by molar-refractivity contribution is 0.281. The maximum atomic E-state index is 5.89. The van der Waals surface area contributed by atoms with Gasteiger partial charge in [0.15, 0.2) is 5.82 Å². The summed E-state index contributed by atoms with van der Waals surface area (Å²) in [5, 5.41) is 4.18. The van der Waals surface area contributed by atoms with E-state index in [0.717, 1.165) is 35.7 Å². The van der Waals surface area contributed by atoms with Crippen LogP contribution in [-0.2, 0) is 19.7 Å². The van der Waals surface area contributed by atoms with Gasteiger partial charge in [-0.15, -0.1) is 0 Å². The standard InChI is InChI=1S/C14H20N4O/c1-3-7-18-13(16-10-17-18)9-19-14-11(2)5-4-6-12(14)8-15/h4-6,10H,3,7-9,15H2,1-2H3. The molecule has 0 aliphatic heterocycles. The molecule has 0 unspecified atom stereocenters. The highest BCUT2D eigenvalue weighted by Crippen LogP contribution is 2.23. The fourth-order valence-electron chi connectivity index (χ4n) is 2.02. The Bertz CT molecular complexity index is 536. The van der Waals surface area contributed by atoms with Crippen molar-refractivity contribution in [1.82, 2.24) is 14.8 Å². The van der Waals surface area contributed by atoms with Gasteiger partial charge >= 0.3 is 0 Å². The van der Waals surface area contributed by atoms with Crippen molar-refractivity contribution >= 4 is 0 Å². The first kappa shape index (κ1) is 13.5. The van der Waals surface area contributed by atoms with Crippen LogP contribution in [0.15, 0.2) is 24.5 Å². The number of nitrogens with two attached hydrogens (primary N) is 1. The maximum Gasteiger partial charge on any atom is 0.164 e. The summed E-state index contributed by atoms with van der Waals surface area (Å²) < 4.78 is 7.76. The zero-order valence-electron chi connectivity index (χ0n) is 11.5. The number of aryl methyl sites for hydroxylation is 2. The molecular weight excluding hydrogens is 240 g/mol. The molecule has 1 aromatic carbocycles. The summed E-state index contributed by atoms with van der Waals surface area (Å²) in [6.45, 7) is 5.87. The number of benzene rings is 1. The fraction of sp³-hybridized carbons (Fsp3) is 0.429. The molecule has 0 radical (unpaired) electrons. The van der Waals surface area contributed by atoms with Gasteiger partial charge in [0.25, 0.3) is 0 Å². The minimum atomic E-state index is 0.415. The number of ether oxygens (including phenoxy) is 1. The van der Waals surface area contributed by atoms with Crippen LogP contribution in [0.5, 0.6) is 5.75 Å². The van der Waals surface area contributed by atoms with Gasteiger partial charge in [-0.1, -0.05) is 25.1 Å². The normalized spacial score (nSPS) is 10.7. The highest BCUT2D eigenvalue weighted by Gasteiger charge is 2.09. The SMILES string of the molecule is CCCn1ncnc1COc1c(C)cccc1CN. The van der Waals surface area contributed by atoms with Crippen molar-refractivity contribution in [2.75, 3.05) is 0 Å². The van der Waals surface area contributed by atoms with E-state index in [0.29, 0.717) is 13.2 Å². The molecule has 19 heavy (non-hydrogen) atoms. The van der Waals surface area contributed by atoms with Crippen LogP contribution in [0.2, 0.25) is 0 Å². The van der Waals surface area contributed by atoms with Gasteiger partial charge in [0.2, 0.25) is 0 Å². The number of hydrogen-bond donors (Lipinski definition) is 1. The molecule has 2 aromatic rings. The minimum Gasteiger partial charge on any atom is -0.485 e. The van der Waals surface area contributed by atoms with Crippen molar-refractivity contribution in [2.45, 2.75) is 40.0 Å². The summed E-state index contributed by atoms with van der Waals surface area (Å²) in [4.78, 5) is 4.23. The second-order valence-electron chi connectivity index (χ2n) is 4.46. The van der Waals surface area contributed by atoms with Gasteiger partial charge in [-0.3, -0.25) is 0 Å². The third-order valence-electron chi connectivity index (χ3n) is 2.99. The topological polar surface area (TPSA) is 66.0 Å². The van der Waals surface area contributed by atoms with Gasteiger partial charge in [-0.05, 0) is 18.9 Å². The lowest BCUT2D eigenvalue weighted by atomic mass is 10.1. The summed E-state index contributed by atoms with van der Waals surface area (Å²) in [6, 6.07) is 5.99. The molecule has 0 atom stereocenters. The molecule has 0 bridgehead atoms. The van der Waals surface area contributed by atoms with Gasteiger partial charge in [-0.2, -0.15) is 5.10 Å². The highest BCUT2D eigenvalue weighted by molar-refractivity contribution is 5.40. The van der Waals surface area contributed by atoms with Crippen molar-refractivity contribution in [3.05, 3.63) is 41.5 Å². The first-order chi connectivity index (χ1) is 9.26. The van der Waals surface area contributed by atoms with Crippen molar-refractivity contribution < 1.29 is 4.74 Å². The molecule has 1 heterocycles. The van der Waals surface area contributed by atoms with E-state index >= 15 is 0 Å². The second kappa shape index (κ2) is 6.33. The first-order valence-corrected chi connectivity index (χ1v) is 6.54. The van der Waals surface area contributed by atoms with E-state index in [9.17, 15) is 0 Å². The van der Waals surface area contributed by atoms with Crippen LogP contribution in [0.1, 0.15) is 30.3 Å². The molecule has 5 heteroatoms. The van der Waals surface area contributed by atoms with Crippen LogP contribution >= 0.6 is 0 Å². The Morgan fingerprint density at radius 1 is 1.37 bits per heavy atom. The lowest BCUT2D eigenvalue weighted by Crippen LogP contribution is -2.10. The fourth-order valence-corrected chi connectivity index (χ4v) is 2.02. The van der Waals surface area contributed by atoms with Crippen molar-refractivity contribution in [2.24, 2.45) is 5.73 Å². The van der Waals surface area contributed by atoms with Crippen LogP contribution in [0.4, 0.5) is 0 Å². The molecule has 0 amide bonds. The molecule has 0 saturated heterocycles. The predicted octanol–water partition coefficient (Wildman–Crippen LogP) is 2.03. The van der Waals surface area contributed by atoms with Gasteiger partial charge in [0.1, 0.15) is 18.7 Å². The molecule has 102 valence electrons. The molecular formula is C14H20N4O. The Morgan fingerprint density at radius 2 is 2.21 bits per heavy atom. The monoisotopic (exact) mass is 260 g/mol. The number of para-hydroxylation sites is 1. The average Bonchev–Trinajstić information content (AvgIpc) is 2.85. The number of nitrogens with zero attached hydrogens (tertiary/aromatic N) is 3. The maximum absolute atomic E-state index is 5.89. The van der Waals surface area contributed by atoms with E-state index < -0.39 is 0 Å². The summed E-state index contributed by atoms with van der Waals surface area (Å²) in [5.41, 5.74) is 7.84. The van der Waals surface area contributed by atoms with E-state index in [4.69, 9.17) is 10.5 Å². The summed E-state index contributed by atoms with van der Waals surface area (Å²) >= 11 is 0. The molecule has 5 nitrogen and oxygen atoms in total. The first-order valence-electron chi connectivity index (χ1n) is 6.54. The number of aromatic nitrogens is 3. The zero-order chi connectivity index (χ0) is 13.7. The molecule has 1 aromatic heterocycles. The molecule has 2 rings (SSSR count). The highest BCUT2D eigenvalue weighted by atomic mass is 16.5. The van der Waals surface area contributed by atoms with Gasteiger partial charge in [0, 0.05) is 18.7 Å². The van der Waals surface area contributed by atoms with Gasteiger partial charge < -0.3 is 10.5 Å². The van der Waals surface area contributed by atoms with Gasteiger partial charge in [0.05, 0.1) is 0 Å². The number of hydrogen-bond acceptors (Lipinski definition) is 4. The van der Waals surface area contributed by atoms with Crippen LogP contribution in [-0.4, -0.2) is 14.8 Å². The van der Waals surface area contributed by atoms with Crippen LogP contribution in [0, 0.1) is 6.92 Å². The largest absolute Gasteiger partial charge is 0.485 e. The smallest absolute Gasteiger partial charge is 0.164 e. The molecule has 0 spiro atoms. The van der Waals surface area contributed by atoms with Crippen molar-refractivity contribution in [3.63, 3.8) is 0 Å². The Kier molecular flexibility index (Phi) is 4.52. The van der Waals surface area contributed by atoms with Crippen LogP contribution in [0.25, 0.3) is 0 Å². The minimum absolute atomic E-state index is 0.415. The van der Waals surface area contributed by atoms with Gasteiger partial charge in [-0.25, -0.2) is 9.67 Å². The van der Waals surface area contributed by atoms with E-state index in [1.54, 1.807) is 6.33 Å². The quantitative estimate of drug-likeness (QED) is 0.863. The van der Waals surface area contributed by atoms with E-state index in [1.165, 1.54) is 0 Å². The summed E-state index contributed by atoms with van der Waals surface area (Å²) in [6.07, 6.45) is 2.59. The molecule has 0 saturated carbocycles. The third kappa shape index (κ3) is 3.12. The lowest BCUT2D eigenvalue weighted by Gasteiger charge is -2.13. The van der Waals surface area contributed by atoms with E-state index in [2.05, 4.69) is 17.0 Å². The average molecular weight is 260 g/mol. The molecule has 2 N–H and O–H groups in total. The summed E-state index contributed by atoms with van der Waals surface area (Å²) in [7, 11) is 0. The van der Waals surface area contributed by atoms with E-state index in [1.807, 2.05) is 29.8 Å². The Labute approximate surface area is 113 Å². The predicted molar refractivity (Wildman–Crippen MR) is 73.7 cm³/mol. The zero-order valence-corrected chi connectivity index (χ0v) is 11.5. The van der Waals surface area contributed by atoms with Crippen molar-refractivity contribution in [3.8, 4) is 5.75 Å². The number of rotatable bonds is 6. The Morgan fingerprint density at radius 3 is 2.95 bits per heavy atom. The second-order valence-corrected chi connectivity index (χ2v) is 4.46. The van der Waals surface area contributed by atoms with Crippen LogP contribution in [0.3, 0.4) is 0 Å². The van der Waals surface area contributed by atoms with Crippen LogP contribution < -0.4 is 10.5 Å². The molecule has 0 aliphatic rings. The van der Waals surface area contributed by atoms with E-state index in [-0.39, 0.29) is 0 Å². The third-order valence-corrected chi connectivity index (χ3v) is 2.99. The Balaban J connectivity index is 2.12. The molecule has 0 aliphatic carbocycles. The Hall–Kier alpha value is -1.88. The van der Waals surface area contributed by atoms with Crippen molar-refractivity contribution in [1.29, 1.82) is 0 Å².